The van der Waals surface area contributed by atoms with E-state index < -0.39 is 0 Å². The molecule has 0 aromatic heterocycles. The van der Waals surface area contributed by atoms with Gasteiger partial charge in [-0.15, -0.1) is 0 Å². The lowest BCUT2D eigenvalue weighted by Crippen LogP contribution is -1.94. The Balaban J connectivity index is 1.56. The second kappa shape index (κ2) is 7.68. The molecule has 0 aliphatic rings. The zero-order valence-electron chi connectivity index (χ0n) is 13.0. The van der Waals surface area contributed by atoms with Crippen LogP contribution in [0.5, 0.6) is 5.75 Å². The first-order valence-corrected chi connectivity index (χ1v) is 7.53. The Morgan fingerprint density at radius 2 is 1.58 bits per heavy atom. The molecule has 0 fully saturated rings. The van der Waals surface area contributed by atoms with E-state index in [0.717, 1.165) is 11.1 Å². The number of carbonyl (C=O) groups is 1. The Morgan fingerprint density at radius 3 is 2.42 bits per heavy atom. The molecule has 0 saturated carbocycles. The average molecular weight is 310 g/mol. The predicted molar refractivity (Wildman–Crippen MR) is 95.8 cm³/mol. The zero-order chi connectivity index (χ0) is 16.6. The van der Waals surface area contributed by atoms with E-state index in [1.54, 1.807) is 24.3 Å². The molecule has 0 heterocycles. The lowest BCUT2D eigenvalue weighted by molar-refractivity contribution is 0.105. The number of hydrogen-bond donors (Lipinski definition) is 0. The SMILES string of the molecule is O=C(C#CC#CCOc1ccc2ccccc2c1)c1ccccc1. The van der Waals surface area contributed by atoms with Crippen molar-refractivity contribution >= 4 is 16.6 Å². The standard InChI is InChI=1S/C22H14O2/c23-22(19-10-3-1-4-11-19)13-5-2-8-16-24-21-15-14-18-9-6-7-12-20(18)17-21/h1,3-4,6-7,9-12,14-15,17H,16H2. The third-order valence-corrected chi connectivity index (χ3v) is 3.39. The summed E-state index contributed by atoms with van der Waals surface area (Å²) >= 11 is 0. The third-order valence-electron chi connectivity index (χ3n) is 3.39. The van der Waals surface area contributed by atoms with Crippen LogP contribution in [0.1, 0.15) is 10.4 Å². The number of carbonyl (C=O) groups excluding carboxylic acids is 1. The molecule has 2 heteroatoms. The molecule has 0 saturated heterocycles. The molecular formula is C22H14O2. The quantitative estimate of drug-likeness (QED) is 0.413. The van der Waals surface area contributed by atoms with Gasteiger partial charge in [-0.25, -0.2) is 0 Å². The lowest BCUT2D eigenvalue weighted by atomic mass is 10.1. The van der Waals surface area contributed by atoms with Crippen molar-refractivity contribution in [2.24, 2.45) is 0 Å². The maximum atomic E-state index is 11.8. The van der Waals surface area contributed by atoms with E-state index in [9.17, 15) is 4.79 Å². The van der Waals surface area contributed by atoms with Crippen molar-refractivity contribution < 1.29 is 9.53 Å². The van der Waals surface area contributed by atoms with E-state index in [1.807, 2.05) is 42.5 Å². The summed E-state index contributed by atoms with van der Waals surface area (Å²) in [6.45, 7) is 0.229. The van der Waals surface area contributed by atoms with Crippen LogP contribution in [0.25, 0.3) is 10.8 Å². The highest BCUT2D eigenvalue weighted by Crippen LogP contribution is 2.20. The average Bonchev–Trinajstić information content (AvgIpc) is 2.65. The van der Waals surface area contributed by atoms with Gasteiger partial charge in [0, 0.05) is 5.56 Å². The number of fused-ring (bicyclic) bond motifs is 1. The van der Waals surface area contributed by atoms with E-state index in [0.29, 0.717) is 5.56 Å². The lowest BCUT2D eigenvalue weighted by Gasteiger charge is -2.03. The molecule has 3 aromatic carbocycles. The van der Waals surface area contributed by atoms with Crippen molar-refractivity contribution in [3.63, 3.8) is 0 Å². The van der Waals surface area contributed by atoms with Gasteiger partial charge in [-0.3, -0.25) is 4.79 Å². The molecule has 0 bridgehead atoms. The van der Waals surface area contributed by atoms with Crippen LogP contribution in [0.4, 0.5) is 0 Å². The van der Waals surface area contributed by atoms with Crippen molar-refractivity contribution in [1.29, 1.82) is 0 Å². The first-order chi connectivity index (χ1) is 11.8. The van der Waals surface area contributed by atoms with Gasteiger partial charge in [0.25, 0.3) is 0 Å². The number of hydrogen-bond acceptors (Lipinski definition) is 2. The second-order valence-corrected chi connectivity index (χ2v) is 5.04. The summed E-state index contributed by atoms with van der Waals surface area (Å²) in [7, 11) is 0. The molecule has 0 aliphatic heterocycles. The topological polar surface area (TPSA) is 26.3 Å². The Kier molecular flexibility index (Phi) is 4.93. The highest BCUT2D eigenvalue weighted by molar-refractivity contribution is 6.09. The number of rotatable bonds is 3. The minimum atomic E-state index is -0.236. The van der Waals surface area contributed by atoms with Crippen molar-refractivity contribution in [2.75, 3.05) is 6.61 Å². The molecular weight excluding hydrogens is 296 g/mol. The first kappa shape index (κ1) is 15.4. The van der Waals surface area contributed by atoms with Gasteiger partial charge in [0.05, 0.1) is 0 Å². The molecule has 2 nitrogen and oxygen atoms in total. The van der Waals surface area contributed by atoms with Crippen molar-refractivity contribution in [2.45, 2.75) is 0 Å². The molecule has 24 heavy (non-hydrogen) atoms. The summed E-state index contributed by atoms with van der Waals surface area (Å²) < 4.78 is 5.58. The van der Waals surface area contributed by atoms with Gasteiger partial charge < -0.3 is 4.74 Å². The fourth-order valence-electron chi connectivity index (χ4n) is 2.21. The number of benzene rings is 3. The van der Waals surface area contributed by atoms with Crippen LogP contribution in [0, 0.1) is 23.7 Å². The Bertz CT molecular complexity index is 980. The largest absolute Gasteiger partial charge is 0.481 e. The highest BCUT2D eigenvalue weighted by Gasteiger charge is 1.98. The van der Waals surface area contributed by atoms with E-state index in [2.05, 4.69) is 29.7 Å². The fourth-order valence-corrected chi connectivity index (χ4v) is 2.21. The molecule has 0 radical (unpaired) electrons. The van der Waals surface area contributed by atoms with Crippen molar-refractivity contribution in [3.05, 3.63) is 78.4 Å². The van der Waals surface area contributed by atoms with Crippen LogP contribution < -0.4 is 4.74 Å². The molecule has 0 aliphatic carbocycles. The van der Waals surface area contributed by atoms with Gasteiger partial charge in [-0.1, -0.05) is 60.7 Å². The monoisotopic (exact) mass is 310 g/mol. The molecule has 0 atom stereocenters. The fraction of sp³-hybridized carbons (Fsp3) is 0.0455. The van der Waals surface area contributed by atoms with Gasteiger partial charge in [0.15, 0.2) is 0 Å². The summed E-state index contributed by atoms with van der Waals surface area (Å²) in [5.74, 6) is 11.0. The smallest absolute Gasteiger partial charge is 0.236 e. The minimum absolute atomic E-state index is 0.229. The maximum absolute atomic E-state index is 11.8. The normalized spacial score (nSPS) is 9.33. The highest BCUT2D eigenvalue weighted by atomic mass is 16.5. The molecule has 0 N–H and O–H groups in total. The second-order valence-electron chi connectivity index (χ2n) is 5.04. The zero-order valence-corrected chi connectivity index (χ0v) is 13.0. The Hall–Kier alpha value is -3.49. The molecule has 0 unspecified atom stereocenters. The minimum Gasteiger partial charge on any atom is -0.481 e. The van der Waals surface area contributed by atoms with Crippen LogP contribution in [-0.4, -0.2) is 12.4 Å². The van der Waals surface area contributed by atoms with E-state index >= 15 is 0 Å². The van der Waals surface area contributed by atoms with Crippen LogP contribution in [0.15, 0.2) is 72.8 Å². The molecule has 114 valence electrons. The van der Waals surface area contributed by atoms with Crippen molar-refractivity contribution in [1.82, 2.24) is 0 Å². The number of ketones is 1. The number of ether oxygens (including phenoxy) is 1. The Morgan fingerprint density at radius 1 is 0.833 bits per heavy atom. The molecule has 3 aromatic rings. The van der Waals surface area contributed by atoms with Gasteiger partial charge in [0.1, 0.15) is 12.4 Å². The molecule has 0 amide bonds. The molecule has 0 spiro atoms. The van der Waals surface area contributed by atoms with E-state index in [-0.39, 0.29) is 12.4 Å². The summed E-state index contributed by atoms with van der Waals surface area (Å²) in [5.41, 5.74) is 0.569. The maximum Gasteiger partial charge on any atom is 0.236 e. The summed E-state index contributed by atoms with van der Waals surface area (Å²) in [6, 6.07) is 22.9. The molecule has 3 rings (SSSR count). The van der Waals surface area contributed by atoms with Crippen LogP contribution in [0.3, 0.4) is 0 Å². The Labute approximate surface area is 141 Å². The van der Waals surface area contributed by atoms with Crippen LogP contribution >= 0.6 is 0 Å². The van der Waals surface area contributed by atoms with Crippen molar-refractivity contribution in [3.8, 4) is 29.4 Å². The van der Waals surface area contributed by atoms with E-state index in [4.69, 9.17) is 4.74 Å². The van der Waals surface area contributed by atoms with E-state index in [1.165, 1.54) is 5.39 Å². The summed E-state index contributed by atoms with van der Waals surface area (Å²) in [6.07, 6.45) is 0. The summed E-state index contributed by atoms with van der Waals surface area (Å²) in [4.78, 5) is 11.8. The van der Waals surface area contributed by atoms with Gasteiger partial charge >= 0.3 is 0 Å². The van der Waals surface area contributed by atoms with Gasteiger partial charge in [-0.05, 0) is 46.6 Å². The van der Waals surface area contributed by atoms with Crippen LogP contribution in [-0.2, 0) is 0 Å². The summed E-state index contributed by atoms with van der Waals surface area (Å²) in [5, 5.41) is 2.29. The first-order valence-electron chi connectivity index (χ1n) is 7.53. The van der Waals surface area contributed by atoms with Crippen LogP contribution in [0.2, 0.25) is 0 Å². The third kappa shape index (κ3) is 4.03. The predicted octanol–water partition coefficient (Wildman–Crippen LogP) is 4.11. The van der Waals surface area contributed by atoms with Gasteiger partial charge in [0.2, 0.25) is 5.78 Å². The number of Topliss-reactive ketones (excluding diaryl/α,β-unsaturated/α-hetero) is 1. The van der Waals surface area contributed by atoms with Gasteiger partial charge in [-0.2, -0.15) is 0 Å².